The van der Waals surface area contributed by atoms with E-state index in [4.69, 9.17) is 0 Å². The molecule has 0 amide bonds. The number of nitro benzene ring substituents is 1. The molecular formula is C18H24N4O2. The van der Waals surface area contributed by atoms with Crippen molar-refractivity contribution in [2.45, 2.75) is 51.6 Å². The highest BCUT2D eigenvalue weighted by Crippen LogP contribution is 2.30. The topological polar surface area (TPSA) is 73.0 Å². The molecule has 1 N–H and O–H groups in total. The fraction of sp³-hybridized carbons (Fsp3) is 0.500. The van der Waals surface area contributed by atoms with Crippen molar-refractivity contribution in [3.63, 3.8) is 0 Å². The Morgan fingerprint density at radius 1 is 1.46 bits per heavy atom. The van der Waals surface area contributed by atoms with E-state index in [1.807, 2.05) is 43.9 Å². The SMILES string of the molecule is CC(C)c1ccc(CN[C@@H]2CCCc3c2cnn3C)cc1[N+](=O)[O-]. The zero-order valence-electron chi connectivity index (χ0n) is 14.5. The summed E-state index contributed by atoms with van der Waals surface area (Å²) in [6.45, 7) is 4.58. The highest BCUT2D eigenvalue weighted by atomic mass is 16.6. The van der Waals surface area contributed by atoms with Crippen LogP contribution in [0.2, 0.25) is 0 Å². The van der Waals surface area contributed by atoms with Crippen molar-refractivity contribution >= 4 is 5.69 Å². The van der Waals surface area contributed by atoms with Crippen LogP contribution in [0.15, 0.2) is 24.4 Å². The summed E-state index contributed by atoms with van der Waals surface area (Å²) in [5.74, 6) is 0.142. The molecule has 1 heterocycles. The first-order valence-electron chi connectivity index (χ1n) is 8.48. The zero-order chi connectivity index (χ0) is 17.3. The van der Waals surface area contributed by atoms with Gasteiger partial charge in [0, 0.05) is 42.5 Å². The molecule has 2 aromatic rings. The average Bonchev–Trinajstić information content (AvgIpc) is 2.94. The van der Waals surface area contributed by atoms with E-state index in [-0.39, 0.29) is 22.6 Å². The van der Waals surface area contributed by atoms with Crippen LogP contribution in [0.1, 0.15) is 61.0 Å². The molecule has 0 saturated heterocycles. The van der Waals surface area contributed by atoms with Crippen LogP contribution in [0.25, 0.3) is 0 Å². The van der Waals surface area contributed by atoms with Gasteiger partial charge in [0.25, 0.3) is 5.69 Å². The van der Waals surface area contributed by atoms with Crippen LogP contribution in [-0.4, -0.2) is 14.7 Å². The maximum Gasteiger partial charge on any atom is 0.273 e. The number of rotatable bonds is 5. The Bertz CT molecular complexity index is 751. The van der Waals surface area contributed by atoms with Crippen LogP contribution in [-0.2, 0) is 20.0 Å². The van der Waals surface area contributed by atoms with Crippen LogP contribution in [0.4, 0.5) is 5.69 Å². The highest BCUT2D eigenvalue weighted by molar-refractivity contribution is 5.45. The van der Waals surface area contributed by atoms with Gasteiger partial charge in [-0.1, -0.05) is 26.0 Å². The Morgan fingerprint density at radius 2 is 2.25 bits per heavy atom. The summed E-state index contributed by atoms with van der Waals surface area (Å²) in [7, 11) is 1.98. The van der Waals surface area contributed by atoms with Crippen LogP contribution in [0.3, 0.4) is 0 Å². The summed E-state index contributed by atoms with van der Waals surface area (Å²) < 4.78 is 1.95. The molecule has 128 valence electrons. The van der Waals surface area contributed by atoms with Crippen molar-refractivity contribution in [1.82, 2.24) is 15.1 Å². The molecule has 0 saturated carbocycles. The number of hydrogen-bond donors (Lipinski definition) is 1. The molecule has 0 fully saturated rings. The predicted molar refractivity (Wildman–Crippen MR) is 92.9 cm³/mol. The largest absolute Gasteiger partial charge is 0.306 e. The van der Waals surface area contributed by atoms with Gasteiger partial charge in [-0.25, -0.2) is 0 Å². The summed E-state index contributed by atoms with van der Waals surface area (Å²) in [5.41, 5.74) is 4.50. The van der Waals surface area contributed by atoms with Crippen molar-refractivity contribution in [3.8, 4) is 0 Å². The summed E-state index contributed by atoms with van der Waals surface area (Å²) in [6, 6.07) is 5.85. The van der Waals surface area contributed by atoms with Crippen molar-refractivity contribution in [2.24, 2.45) is 7.05 Å². The summed E-state index contributed by atoms with van der Waals surface area (Å²) in [6.07, 6.45) is 5.22. The quantitative estimate of drug-likeness (QED) is 0.672. The number of aromatic nitrogens is 2. The second-order valence-corrected chi connectivity index (χ2v) is 6.80. The molecular weight excluding hydrogens is 304 g/mol. The minimum atomic E-state index is -0.279. The third kappa shape index (κ3) is 3.19. The first-order valence-corrected chi connectivity index (χ1v) is 8.48. The van der Waals surface area contributed by atoms with Gasteiger partial charge in [0.1, 0.15) is 0 Å². The van der Waals surface area contributed by atoms with Crippen LogP contribution in [0.5, 0.6) is 0 Å². The molecule has 1 aromatic carbocycles. The normalized spacial score (nSPS) is 17.1. The third-order valence-electron chi connectivity index (χ3n) is 4.84. The van der Waals surface area contributed by atoms with E-state index in [0.29, 0.717) is 6.54 Å². The minimum Gasteiger partial charge on any atom is -0.306 e. The molecule has 1 aromatic heterocycles. The van der Waals surface area contributed by atoms with Crippen molar-refractivity contribution in [1.29, 1.82) is 0 Å². The highest BCUT2D eigenvalue weighted by Gasteiger charge is 2.23. The Balaban J connectivity index is 1.76. The molecule has 1 atom stereocenters. The van der Waals surface area contributed by atoms with Crippen molar-refractivity contribution < 1.29 is 4.92 Å². The van der Waals surface area contributed by atoms with Gasteiger partial charge >= 0.3 is 0 Å². The molecule has 0 spiro atoms. The number of aryl methyl sites for hydroxylation is 1. The Kier molecular flexibility index (Phi) is 4.66. The maximum absolute atomic E-state index is 11.3. The number of nitro groups is 1. The number of benzene rings is 1. The lowest BCUT2D eigenvalue weighted by molar-refractivity contribution is -0.385. The number of nitrogens with zero attached hydrogens (tertiary/aromatic N) is 3. The maximum atomic E-state index is 11.3. The lowest BCUT2D eigenvalue weighted by Crippen LogP contribution is -2.25. The Labute approximate surface area is 142 Å². The van der Waals surface area contributed by atoms with Crippen molar-refractivity contribution in [2.75, 3.05) is 0 Å². The molecule has 0 aliphatic heterocycles. The second kappa shape index (κ2) is 6.73. The van der Waals surface area contributed by atoms with Crippen LogP contribution in [0, 0.1) is 10.1 Å². The predicted octanol–water partition coefficient (Wildman–Crippen LogP) is 3.62. The second-order valence-electron chi connectivity index (χ2n) is 6.80. The van der Waals surface area contributed by atoms with Gasteiger partial charge in [-0.05, 0) is 30.7 Å². The van der Waals surface area contributed by atoms with Crippen LogP contribution >= 0.6 is 0 Å². The molecule has 1 aliphatic rings. The molecule has 3 rings (SSSR count). The number of fused-ring (bicyclic) bond motifs is 1. The van der Waals surface area contributed by atoms with Crippen LogP contribution < -0.4 is 5.32 Å². The first-order chi connectivity index (χ1) is 11.5. The van der Waals surface area contributed by atoms with E-state index >= 15 is 0 Å². The molecule has 0 radical (unpaired) electrons. The number of hydrogen-bond acceptors (Lipinski definition) is 4. The minimum absolute atomic E-state index is 0.142. The number of nitrogens with one attached hydrogen (secondary N) is 1. The van der Waals surface area contributed by atoms with Gasteiger partial charge in [0.2, 0.25) is 0 Å². The Hall–Kier alpha value is -2.21. The lowest BCUT2D eigenvalue weighted by Gasteiger charge is -2.24. The van der Waals surface area contributed by atoms with E-state index in [1.54, 1.807) is 6.07 Å². The summed E-state index contributed by atoms with van der Waals surface area (Å²) >= 11 is 0. The third-order valence-corrected chi connectivity index (χ3v) is 4.84. The average molecular weight is 328 g/mol. The molecule has 6 nitrogen and oxygen atoms in total. The lowest BCUT2D eigenvalue weighted by atomic mass is 9.92. The van der Waals surface area contributed by atoms with Gasteiger partial charge in [0.15, 0.2) is 0 Å². The first kappa shape index (κ1) is 16.6. The van der Waals surface area contributed by atoms with Gasteiger partial charge in [-0.3, -0.25) is 14.8 Å². The fourth-order valence-corrected chi connectivity index (χ4v) is 3.50. The fourth-order valence-electron chi connectivity index (χ4n) is 3.50. The van der Waals surface area contributed by atoms with Gasteiger partial charge in [-0.15, -0.1) is 0 Å². The summed E-state index contributed by atoms with van der Waals surface area (Å²) in [5, 5.41) is 19.2. The standard InChI is InChI=1S/C18H24N4O2/c1-12(2)14-8-7-13(9-18(14)22(23)24)10-19-16-5-4-6-17-15(16)11-20-21(17)3/h7-9,11-12,16,19H,4-6,10H2,1-3H3/t16-/m1/s1. The molecule has 24 heavy (non-hydrogen) atoms. The van der Waals surface area contributed by atoms with Crippen molar-refractivity contribution in [3.05, 3.63) is 56.9 Å². The van der Waals surface area contributed by atoms with E-state index in [1.165, 1.54) is 11.3 Å². The van der Waals surface area contributed by atoms with E-state index in [9.17, 15) is 10.1 Å². The van der Waals surface area contributed by atoms with Gasteiger partial charge < -0.3 is 5.32 Å². The Morgan fingerprint density at radius 3 is 2.96 bits per heavy atom. The smallest absolute Gasteiger partial charge is 0.273 e. The van der Waals surface area contributed by atoms with Gasteiger partial charge in [-0.2, -0.15) is 5.10 Å². The molecule has 0 unspecified atom stereocenters. The van der Waals surface area contributed by atoms with Gasteiger partial charge in [0.05, 0.1) is 11.1 Å². The van der Waals surface area contributed by atoms with E-state index in [2.05, 4.69) is 10.4 Å². The molecule has 1 aliphatic carbocycles. The summed E-state index contributed by atoms with van der Waals surface area (Å²) in [4.78, 5) is 11.0. The monoisotopic (exact) mass is 328 g/mol. The zero-order valence-corrected chi connectivity index (χ0v) is 14.5. The molecule has 6 heteroatoms. The molecule has 0 bridgehead atoms. The van der Waals surface area contributed by atoms with E-state index < -0.39 is 0 Å². The van der Waals surface area contributed by atoms with E-state index in [0.717, 1.165) is 30.4 Å².